The lowest BCUT2D eigenvalue weighted by molar-refractivity contribution is -0.120. The van der Waals surface area contributed by atoms with Crippen molar-refractivity contribution in [3.8, 4) is 0 Å². The monoisotopic (exact) mass is 236 g/mol. The number of carbonyl (C=O) groups excluding carboxylic acids is 2. The molecule has 1 atom stereocenters. The van der Waals surface area contributed by atoms with Crippen LogP contribution in [0.15, 0.2) is 0 Å². The van der Waals surface area contributed by atoms with Crippen LogP contribution in [-0.2, 0) is 4.79 Å². The summed E-state index contributed by atoms with van der Waals surface area (Å²) in [5.74, 6) is -0.407. The summed E-state index contributed by atoms with van der Waals surface area (Å²) in [5.41, 5.74) is 4.55. The van der Waals surface area contributed by atoms with Gasteiger partial charge >= 0.3 is 6.03 Å². The van der Waals surface area contributed by atoms with E-state index in [2.05, 4.69) is 15.9 Å². The zero-order valence-corrected chi connectivity index (χ0v) is 8.94. The first-order valence-electron chi connectivity index (χ1n) is 3.49. The van der Waals surface area contributed by atoms with Crippen molar-refractivity contribution in [3.63, 3.8) is 0 Å². The van der Waals surface area contributed by atoms with Crippen molar-refractivity contribution in [2.75, 3.05) is 0 Å². The van der Waals surface area contributed by atoms with Crippen LogP contribution < -0.4 is 11.1 Å². The molecule has 3 N–H and O–H groups in total. The highest BCUT2D eigenvalue weighted by molar-refractivity contribution is 9.10. The van der Waals surface area contributed by atoms with E-state index in [0.717, 1.165) is 0 Å². The van der Waals surface area contributed by atoms with Gasteiger partial charge in [-0.1, -0.05) is 36.7 Å². The van der Waals surface area contributed by atoms with Crippen LogP contribution >= 0.6 is 15.9 Å². The van der Waals surface area contributed by atoms with E-state index in [4.69, 9.17) is 5.73 Å². The van der Waals surface area contributed by atoms with Crippen molar-refractivity contribution in [3.05, 3.63) is 0 Å². The second-order valence-electron chi connectivity index (χ2n) is 3.58. The summed E-state index contributed by atoms with van der Waals surface area (Å²) in [6.07, 6.45) is 0. The minimum atomic E-state index is -0.825. The summed E-state index contributed by atoms with van der Waals surface area (Å²) in [5, 5.41) is 2.00. The molecular formula is C7H13BrN2O2. The average molecular weight is 237 g/mol. The van der Waals surface area contributed by atoms with Crippen LogP contribution in [-0.4, -0.2) is 16.8 Å². The molecule has 0 spiro atoms. The molecule has 5 heteroatoms. The van der Waals surface area contributed by atoms with Gasteiger partial charge in [0.25, 0.3) is 0 Å². The van der Waals surface area contributed by atoms with Crippen molar-refractivity contribution < 1.29 is 9.59 Å². The Morgan fingerprint density at radius 1 is 1.42 bits per heavy atom. The lowest BCUT2D eigenvalue weighted by atomic mass is 9.92. The predicted molar refractivity (Wildman–Crippen MR) is 49.9 cm³/mol. The van der Waals surface area contributed by atoms with E-state index >= 15 is 0 Å². The topological polar surface area (TPSA) is 72.2 Å². The third-order valence-electron chi connectivity index (χ3n) is 1.24. The molecule has 0 bridgehead atoms. The maximum atomic E-state index is 11.1. The normalized spacial score (nSPS) is 13.7. The minimum Gasteiger partial charge on any atom is -0.351 e. The number of hydrogen-bond acceptors (Lipinski definition) is 2. The van der Waals surface area contributed by atoms with E-state index in [9.17, 15) is 9.59 Å². The first kappa shape index (κ1) is 11.4. The SMILES string of the molecule is CC(C)(C)[C@H](Br)C(=O)NC(N)=O. The number of rotatable bonds is 1. The molecule has 0 aliphatic carbocycles. The smallest absolute Gasteiger partial charge is 0.318 e. The van der Waals surface area contributed by atoms with Gasteiger partial charge in [-0.3, -0.25) is 10.1 Å². The molecule has 0 radical (unpaired) electrons. The zero-order valence-electron chi connectivity index (χ0n) is 7.35. The Morgan fingerprint density at radius 3 is 2.08 bits per heavy atom. The van der Waals surface area contributed by atoms with Crippen LogP contribution in [0, 0.1) is 5.41 Å². The fourth-order valence-corrected chi connectivity index (χ4v) is 0.693. The van der Waals surface area contributed by atoms with Crippen LogP contribution in [0.25, 0.3) is 0 Å². The summed E-state index contributed by atoms with van der Waals surface area (Å²) >= 11 is 3.17. The van der Waals surface area contributed by atoms with Gasteiger partial charge in [-0.05, 0) is 5.41 Å². The Hall–Kier alpha value is -0.580. The molecule has 0 rings (SSSR count). The Balaban J connectivity index is 4.21. The molecule has 3 amide bonds. The van der Waals surface area contributed by atoms with Crippen LogP contribution in [0.2, 0.25) is 0 Å². The van der Waals surface area contributed by atoms with Crippen molar-refractivity contribution in [1.29, 1.82) is 0 Å². The van der Waals surface area contributed by atoms with Crippen LogP contribution in [0.3, 0.4) is 0 Å². The number of imide groups is 1. The molecule has 0 aromatic heterocycles. The standard InChI is InChI=1S/C7H13BrN2O2/c1-7(2,3)4(8)5(11)10-6(9)12/h4H,1-3H3,(H3,9,10,11,12)/t4-/m1/s1. The van der Waals surface area contributed by atoms with Crippen LogP contribution in [0.1, 0.15) is 20.8 Å². The van der Waals surface area contributed by atoms with Gasteiger partial charge in [-0.15, -0.1) is 0 Å². The number of nitrogens with two attached hydrogens (primary N) is 1. The summed E-state index contributed by atoms with van der Waals surface area (Å²) in [7, 11) is 0. The molecule has 0 unspecified atom stereocenters. The Morgan fingerprint density at radius 2 is 1.83 bits per heavy atom. The number of urea groups is 1. The quantitative estimate of drug-likeness (QED) is 0.667. The summed E-state index contributed by atoms with van der Waals surface area (Å²) < 4.78 is 0. The molecule has 70 valence electrons. The van der Waals surface area contributed by atoms with Gasteiger partial charge in [0.1, 0.15) is 0 Å². The number of halogens is 1. The van der Waals surface area contributed by atoms with Crippen molar-refractivity contribution in [1.82, 2.24) is 5.32 Å². The highest BCUT2D eigenvalue weighted by Gasteiger charge is 2.29. The minimum absolute atomic E-state index is 0.237. The molecule has 0 saturated carbocycles. The predicted octanol–water partition coefficient (Wildman–Crippen LogP) is 0.991. The third kappa shape index (κ3) is 3.71. The van der Waals surface area contributed by atoms with E-state index < -0.39 is 16.8 Å². The van der Waals surface area contributed by atoms with Crippen molar-refractivity contribution in [2.45, 2.75) is 25.6 Å². The van der Waals surface area contributed by atoms with E-state index in [1.807, 2.05) is 26.1 Å². The van der Waals surface area contributed by atoms with Gasteiger partial charge in [-0.2, -0.15) is 0 Å². The van der Waals surface area contributed by atoms with Gasteiger partial charge in [0.05, 0.1) is 4.83 Å². The lowest BCUT2D eigenvalue weighted by Crippen LogP contribution is -2.43. The molecular weight excluding hydrogens is 224 g/mol. The molecule has 0 aromatic carbocycles. The largest absolute Gasteiger partial charge is 0.351 e. The molecule has 0 aromatic rings. The number of amides is 3. The second-order valence-corrected chi connectivity index (χ2v) is 4.50. The number of nitrogens with one attached hydrogen (secondary N) is 1. The number of hydrogen-bond donors (Lipinski definition) is 2. The highest BCUT2D eigenvalue weighted by atomic mass is 79.9. The molecule has 0 heterocycles. The van der Waals surface area contributed by atoms with Gasteiger partial charge < -0.3 is 5.73 Å². The molecule has 0 saturated heterocycles. The summed E-state index contributed by atoms with van der Waals surface area (Å²) in [6, 6.07) is -0.825. The fourth-order valence-electron chi connectivity index (χ4n) is 0.578. The first-order valence-corrected chi connectivity index (χ1v) is 4.41. The van der Waals surface area contributed by atoms with Crippen molar-refractivity contribution in [2.24, 2.45) is 11.1 Å². The number of carbonyl (C=O) groups is 2. The Labute approximate surface area is 80.0 Å². The van der Waals surface area contributed by atoms with E-state index in [1.54, 1.807) is 0 Å². The van der Waals surface area contributed by atoms with Gasteiger partial charge in [0.15, 0.2) is 0 Å². The first-order chi connectivity index (χ1) is 5.25. The van der Waals surface area contributed by atoms with Gasteiger partial charge in [0, 0.05) is 0 Å². The van der Waals surface area contributed by atoms with Gasteiger partial charge in [-0.25, -0.2) is 4.79 Å². The van der Waals surface area contributed by atoms with Gasteiger partial charge in [0.2, 0.25) is 5.91 Å². The van der Waals surface area contributed by atoms with Crippen LogP contribution in [0.4, 0.5) is 4.79 Å². The van der Waals surface area contributed by atoms with E-state index in [-0.39, 0.29) is 5.41 Å². The van der Waals surface area contributed by atoms with Crippen molar-refractivity contribution >= 4 is 27.9 Å². The molecule has 12 heavy (non-hydrogen) atoms. The van der Waals surface area contributed by atoms with E-state index in [0.29, 0.717) is 0 Å². The third-order valence-corrected chi connectivity index (χ3v) is 3.03. The molecule has 0 aliphatic rings. The summed E-state index contributed by atoms with van der Waals surface area (Å²) in [6.45, 7) is 5.65. The maximum Gasteiger partial charge on any atom is 0.318 e. The number of primary amides is 1. The molecule has 0 aliphatic heterocycles. The lowest BCUT2D eigenvalue weighted by Gasteiger charge is -2.23. The molecule has 4 nitrogen and oxygen atoms in total. The maximum absolute atomic E-state index is 11.1. The highest BCUT2D eigenvalue weighted by Crippen LogP contribution is 2.25. The second kappa shape index (κ2) is 3.89. The Kier molecular flexibility index (Phi) is 3.70. The molecule has 0 fully saturated rings. The summed E-state index contributed by atoms with van der Waals surface area (Å²) in [4.78, 5) is 21.0. The number of alkyl halides is 1. The zero-order chi connectivity index (χ0) is 9.94. The fraction of sp³-hybridized carbons (Fsp3) is 0.714. The Bertz CT molecular complexity index is 198. The van der Waals surface area contributed by atoms with E-state index in [1.165, 1.54) is 0 Å². The van der Waals surface area contributed by atoms with Crippen LogP contribution in [0.5, 0.6) is 0 Å². The average Bonchev–Trinajstić information content (AvgIpc) is 1.82.